The van der Waals surface area contributed by atoms with Gasteiger partial charge >= 0.3 is 5.97 Å². The lowest BCUT2D eigenvalue weighted by atomic mass is 9.93. The minimum Gasteiger partial charge on any atom is -0.481 e. The summed E-state index contributed by atoms with van der Waals surface area (Å²) in [5.41, 5.74) is 9.38. The fourth-order valence-corrected chi connectivity index (χ4v) is 12.1. The summed E-state index contributed by atoms with van der Waals surface area (Å²) >= 11 is 8.12. The number of carbonyl (C=O) groups is 2. The highest BCUT2D eigenvalue weighted by molar-refractivity contribution is 7.99. The zero-order chi connectivity index (χ0) is 50.1. The SMILES string of the molecule is CCn1c(C)c(C(=O)CCCC(=O)O)c(-c2cccc(N3CCN(c4ccc(NS(=O)(=O)c5ccc(N[C@H](CCN6CCC(O)CC6)CSc6ccccc6)c(C)c5)cc4)CC3)c2)c1-c1ccc(Cl)cc1. The first-order chi connectivity index (χ1) is 34.3. The number of Topliss-reactive ketones (excluding diaryl/α,β-unsaturated/α-hetero) is 1. The lowest BCUT2D eigenvalue weighted by Crippen LogP contribution is -2.46. The van der Waals surface area contributed by atoms with Crippen molar-refractivity contribution >= 4 is 67.9 Å². The number of aliphatic hydroxyl groups is 1. The van der Waals surface area contributed by atoms with Gasteiger partial charge in [0.1, 0.15) is 0 Å². The van der Waals surface area contributed by atoms with Crippen molar-refractivity contribution in [1.29, 1.82) is 0 Å². The van der Waals surface area contributed by atoms with Crippen molar-refractivity contribution in [2.24, 2.45) is 0 Å². The number of aryl methyl sites for hydroxylation is 1. The molecule has 374 valence electrons. The van der Waals surface area contributed by atoms with Gasteiger partial charge < -0.3 is 34.8 Å². The fraction of sp³-hybridized carbons (Fsp3) is 0.357. The van der Waals surface area contributed by atoms with E-state index in [1.165, 1.54) is 4.90 Å². The van der Waals surface area contributed by atoms with Gasteiger partial charge in [-0.2, -0.15) is 0 Å². The number of likely N-dealkylation sites (tertiary alicyclic amines) is 1. The Bertz CT molecular complexity index is 2880. The second-order valence-corrected chi connectivity index (χ2v) is 21.8. The molecule has 5 aromatic carbocycles. The summed E-state index contributed by atoms with van der Waals surface area (Å²) in [5, 5.41) is 23.6. The lowest BCUT2D eigenvalue weighted by Gasteiger charge is -2.37. The number of hydrogen-bond donors (Lipinski definition) is 4. The molecule has 0 amide bonds. The number of rotatable bonds is 21. The van der Waals surface area contributed by atoms with Gasteiger partial charge in [0.2, 0.25) is 0 Å². The number of halogens is 1. The predicted molar refractivity (Wildman–Crippen MR) is 290 cm³/mol. The first-order valence-corrected chi connectivity index (χ1v) is 27.5. The molecule has 2 fully saturated rings. The minimum atomic E-state index is -3.87. The Hall–Kier alpha value is -5.77. The van der Waals surface area contributed by atoms with E-state index in [1.807, 2.05) is 111 Å². The van der Waals surface area contributed by atoms with Gasteiger partial charge in [0, 0.05) is 126 Å². The van der Waals surface area contributed by atoms with Crippen LogP contribution in [0.15, 0.2) is 131 Å². The summed E-state index contributed by atoms with van der Waals surface area (Å²) in [4.78, 5) is 33.8. The van der Waals surface area contributed by atoms with Crippen LogP contribution in [0, 0.1) is 13.8 Å². The first kappa shape index (κ1) is 51.6. The molecule has 0 saturated carbocycles. The van der Waals surface area contributed by atoms with E-state index in [0.717, 1.165) is 122 Å². The minimum absolute atomic E-state index is 0.0677. The number of benzene rings is 5. The zero-order valence-corrected chi connectivity index (χ0v) is 43.2. The second kappa shape index (κ2) is 23.6. The average molecular weight is 1020 g/mol. The molecule has 6 aromatic rings. The molecule has 0 bridgehead atoms. The summed E-state index contributed by atoms with van der Waals surface area (Å²) < 4.78 is 32.5. The van der Waals surface area contributed by atoms with E-state index in [0.29, 0.717) is 22.8 Å². The lowest BCUT2D eigenvalue weighted by molar-refractivity contribution is -0.137. The van der Waals surface area contributed by atoms with Gasteiger partial charge in [0.05, 0.1) is 16.7 Å². The normalized spacial score (nSPS) is 15.2. The van der Waals surface area contributed by atoms with Crippen LogP contribution in [0.4, 0.5) is 22.7 Å². The third kappa shape index (κ3) is 13.0. The largest absolute Gasteiger partial charge is 0.481 e. The molecule has 71 heavy (non-hydrogen) atoms. The number of nitrogens with one attached hydrogen (secondary N) is 2. The second-order valence-electron chi connectivity index (χ2n) is 18.6. The van der Waals surface area contributed by atoms with E-state index < -0.39 is 16.0 Å². The van der Waals surface area contributed by atoms with Gasteiger partial charge in [0.15, 0.2) is 5.78 Å². The molecular formula is C56H65ClN6O6S2. The van der Waals surface area contributed by atoms with Crippen molar-refractivity contribution in [2.75, 3.05) is 71.4 Å². The van der Waals surface area contributed by atoms with E-state index in [9.17, 15) is 28.2 Å². The maximum Gasteiger partial charge on any atom is 0.303 e. The topological polar surface area (TPSA) is 147 Å². The van der Waals surface area contributed by atoms with Crippen LogP contribution in [-0.2, 0) is 21.4 Å². The van der Waals surface area contributed by atoms with E-state index in [-0.39, 0.29) is 42.1 Å². The van der Waals surface area contributed by atoms with E-state index >= 15 is 0 Å². The molecule has 2 saturated heterocycles. The van der Waals surface area contributed by atoms with Crippen LogP contribution in [0.25, 0.3) is 22.4 Å². The predicted octanol–water partition coefficient (Wildman–Crippen LogP) is 11.1. The number of aromatic nitrogens is 1. The maximum atomic E-state index is 14.0. The van der Waals surface area contributed by atoms with Crippen molar-refractivity contribution in [3.63, 3.8) is 0 Å². The third-order valence-electron chi connectivity index (χ3n) is 13.7. The Labute approximate surface area is 428 Å². The van der Waals surface area contributed by atoms with Crippen LogP contribution in [0.3, 0.4) is 0 Å². The number of sulfonamides is 1. The van der Waals surface area contributed by atoms with Crippen molar-refractivity contribution in [2.45, 2.75) is 87.8 Å². The van der Waals surface area contributed by atoms with Crippen LogP contribution in [0.5, 0.6) is 0 Å². The Morgan fingerprint density at radius 3 is 2.14 bits per heavy atom. The van der Waals surface area contributed by atoms with Gasteiger partial charge in [-0.15, -0.1) is 11.8 Å². The van der Waals surface area contributed by atoms with Crippen LogP contribution in [-0.4, -0.2) is 104 Å². The molecule has 4 N–H and O–H groups in total. The Balaban J connectivity index is 0.913. The van der Waals surface area contributed by atoms with Gasteiger partial charge in [-0.05, 0) is 142 Å². The molecule has 0 unspecified atom stereocenters. The highest BCUT2D eigenvalue weighted by Crippen LogP contribution is 2.42. The van der Waals surface area contributed by atoms with Crippen molar-refractivity contribution in [3.8, 4) is 22.4 Å². The number of carboxylic acid groups (broad SMARTS) is 1. The molecule has 1 aromatic heterocycles. The van der Waals surface area contributed by atoms with Crippen LogP contribution >= 0.6 is 23.4 Å². The summed E-state index contributed by atoms with van der Waals surface area (Å²) in [6.45, 7) is 12.3. The van der Waals surface area contributed by atoms with Crippen LogP contribution in [0.2, 0.25) is 5.02 Å². The Morgan fingerprint density at radius 2 is 1.48 bits per heavy atom. The Morgan fingerprint density at radius 1 is 0.789 bits per heavy atom. The summed E-state index contributed by atoms with van der Waals surface area (Å²) in [5.74, 6) is -0.134. The molecule has 3 heterocycles. The number of hydrogen-bond acceptors (Lipinski definition) is 10. The molecule has 15 heteroatoms. The first-order valence-electron chi connectivity index (χ1n) is 24.7. The number of anilines is 4. The zero-order valence-electron chi connectivity index (χ0n) is 40.8. The number of aliphatic carboxylic acids is 1. The number of nitrogens with zero attached hydrogens (tertiary/aromatic N) is 4. The van der Waals surface area contributed by atoms with Crippen LogP contribution < -0.4 is 19.8 Å². The van der Waals surface area contributed by atoms with Crippen molar-refractivity contribution in [1.82, 2.24) is 9.47 Å². The van der Waals surface area contributed by atoms with Crippen molar-refractivity contribution < 1.29 is 28.2 Å². The molecule has 2 aliphatic rings. The van der Waals surface area contributed by atoms with E-state index in [4.69, 9.17) is 11.6 Å². The van der Waals surface area contributed by atoms with Gasteiger partial charge in [-0.25, -0.2) is 8.42 Å². The number of piperidine rings is 1. The van der Waals surface area contributed by atoms with Gasteiger partial charge in [-0.3, -0.25) is 14.3 Å². The standard InChI is InChI=1S/C56H65ClN6O6S2/c1-4-63-40(3)54(52(65)14-9-15-53(66)67)55(56(63)41-16-18-43(57)19-17-41)42-10-8-11-47(37-42)62-34-32-61(33-35-62)46-22-20-44(21-23-46)59-71(68,69)50-24-25-51(39(2)36-50)58-45(38-70-49-12-6-5-7-13-49)26-29-60-30-27-48(64)28-31-60/h5-8,10-13,16-25,36-37,45,48,58-59,64H,4,9,14-15,26-35,38H2,1-3H3,(H,66,67)/t45-/m1/s1. The number of ketones is 1. The maximum absolute atomic E-state index is 14.0. The quantitative estimate of drug-likeness (QED) is 0.0403. The van der Waals surface area contributed by atoms with E-state index in [1.54, 1.807) is 12.1 Å². The molecule has 8 rings (SSSR count). The molecular weight excluding hydrogens is 952 g/mol. The fourth-order valence-electron chi connectivity index (χ4n) is 9.80. The number of aliphatic hydroxyl groups excluding tert-OH is 1. The highest BCUT2D eigenvalue weighted by Gasteiger charge is 2.28. The smallest absolute Gasteiger partial charge is 0.303 e. The van der Waals surface area contributed by atoms with Gasteiger partial charge in [-0.1, -0.05) is 54.1 Å². The number of carbonyl (C=O) groups excluding carboxylic acids is 1. The number of carboxylic acids is 1. The van der Waals surface area contributed by atoms with Crippen LogP contribution in [0.1, 0.15) is 67.1 Å². The van der Waals surface area contributed by atoms with E-state index in [2.05, 4.69) is 60.5 Å². The Kier molecular flexibility index (Phi) is 17.2. The summed E-state index contributed by atoms with van der Waals surface area (Å²) in [7, 11) is -3.87. The van der Waals surface area contributed by atoms with Crippen molar-refractivity contribution in [3.05, 3.63) is 143 Å². The summed E-state index contributed by atoms with van der Waals surface area (Å²) in [6.07, 6.45) is 2.66. The third-order valence-corrected chi connectivity index (χ3v) is 16.5. The average Bonchev–Trinajstić information content (AvgIpc) is 3.68. The molecule has 2 aliphatic heterocycles. The molecule has 0 spiro atoms. The number of piperazine rings is 1. The molecule has 0 radical (unpaired) electrons. The molecule has 12 nitrogen and oxygen atoms in total. The molecule has 0 aliphatic carbocycles. The monoisotopic (exact) mass is 1020 g/mol. The summed E-state index contributed by atoms with van der Waals surface area (Å²) in [6, 6.07) is 39.3. The highest BCUT2D eigenvalue weighted by atomic mass is 35.5. The molecule has 1 atom stereocenters. The van der Waals surface area contributed by atoms with Gasteiger partial charge in [0.25, 0.3) is 10.0 Å². The number of thioether (sulfide) groups is 1.